The number of nitriles is 1. The van der Waals surface area contributed by atoms with Crippen LogP contribution in [0.3, 0.4) is 0 Å². The zero-order valence-electron chi connectivity index (χ0n) is 13.3. The van der Waals surface area contributed by atoms with Crippen molar-refractivity contribution in [3.8, 4) is 17.6 Å². The number of fused-ring (bicyclic) bond motifs is 1. The summed E-state index contributed by atoms with van der Waals surface area (Å²) < 4.78 is 16.1. The highest BCUT2D eigenvalue weighted by molar-refractivity contribution is 5.54. The van der Waals surface area contributed by atoms with Crippen molar-refractivity contribution in [2.75, 3.05) is 6.61 Å². The van der Waals surface area contributed by atoms with Gasteiger partial charge in [-0.2, -0.15) is 5.26 Å². The fraction of sp³-hybridized carbons (Fsp3) is 0.222. The molecule has 2 aromatic rings. The Balaban J connectivity index is 2.18. The van der Waals surface area contributed by atoms with Gasteiger partial charge < -0.3 is 19.6 Å². The summed E-state index contributed by atoms with van der Waals surface area (Å²) in [5.41, 5.74) is 6.54. The van der Waals surface area contributed by atoms with Gasteiger partial charge in [-0.1, -0.05) is 12.1 Å². The molecule has 0 unspecified atom stereocenters. The Labute approximate surface area is 138 Å². The molecule has 0 spiro atoms. The van der Waals surface area contributed by atoms with Crippen LogP contribution in [0.15, 0.2) is 51.0 Å². The van der Waals surface area contributed by atoms with Gasteiger partial charge in [-0.25, -0.2) is 4.79 Å². The average molecular weight is 324 g/mol. The summed E-state index contributed by atoms with van der Waals surface area (Å²) in [5, 5.41) is 9.48. The predicted molar refractivity (Wildman–Crippen MR) is 86.6 cm³/mol. The minimum absolute atomic E-state index is 0.00566. The van der Waals surface area contributed by atoms with E-state index in [2.05, 4.69) is 0 Å². The van der Waals surface area contributed by atoms with E-state index in [1.165, 1.54) is 0 Å². The quantitative estimate of drug-likeness (QED) is 0.931. The van der Waals surface area contributed by atoms with E-state index in [1.807, 2.05) is 13.0 Å². The Kier molecular flexibility index (Phi) is 4.00. The number of benzene rings is 1. The molecule has 1 aromatic carbocycles. The van der Waals surface area contributed by atoms with E-state index < -0.39 is 11.5 Å². The van der Waals surface area contributed by atoms with E-state index in [1.54, 1.807) is 37.3 Å². The van der Waals surface area contributed by atoms with Crippen molar-refractivity contribution in [1.82, 2.24) is 0 Å². The summed E-state index contributed by atoms with van der Waals surface area (Å²) in [6, 6.07) is 10.8. The van der Waals surface area contributed by atoms with Gasteiger partial charge in [-0.15, -0.1) is 0 Å². The largest absolute Gasteiger partial charge is 0.494 e. The summed E-state index contributed by atoms with van der Waals surface area (Å²) in [4.78, 5) is 12.4. The fourth-order valence-electron chi connectivity index (χ4n) is 2.77. The number of rotatable bonds is 3. The Morgan fingerprint density at radius 2 is 2.04 bits per heavy atom. The molecule has 0 aliphatic carbocycles. The Hall–Kier alpha value is -3.20. The van der Waals surface area contributed by atoms with Crippen LogP contribution in [-0.2, 0) is 0 Å². The van der Waals surface area contributed by atoms with E-state index in [0.29, 0.717) is 23.9 Å². The second-order valence-electron chi connectivity index (χ2n) is 5.35. The summed E-state index contributed by atoms with van der Waals surface area (Å²) in [7, 11) is 0. The van der Waals surface area contributed by atoms with Gasteiger partial charge in [-0.3, -0.25) is 0 Å². The maximum absolute atomic E-state index is 12.4. The molecule has 122 valence electrons. The van der Waals surface area contributed by atoms with Crippen molar-refractivity contribution >= 4 is 0 Å². The zero-order valence-corrected chi connectivity index (χ0v) is 13.3. The molecule has 0 bridgehead atoms. The van der Waals surface area contributed by atoms with Crippen LogP contribution in [0.4, 0.5) is 0 Å². The van der Waals surface area contributed by atoms with E-state index in [9.17, 15) is 10.1 Å². The van der Waals surface area contributed by atoms with Crippen LogP contribution < -0.4 is 20.8 Å². The molecule has 2 N–H and O–H groups in total. The molecule has 24 heavy (non-hydrogen) atoms. The van der Waals surface area contributed by atoms with Gasteiger partial charge in [0.2, 0.25) is 5.88 Å². The lowest BCUT2D eigenvalue weighted by Gasteiger charge is -2.25. The topological polar surface area (TPSA) is 98.5 Å². The second kappa shape index (κ2) is 6.13. The second-order valence-corrected chi connectivity index (χ2v) is 5.35. The molecule has 0 fully saturated rings. The van der Waals surface area contributed by atoms with Gasteiger partial charge in [0.25, 0.3) is 0 Å². The lowest BCUT2D eigenvalue weighted by molar-refractivity contribution is 0.340. The zero-order chi connectivity index (χ0) is 17.3. The molecule has 6 nitrogen and oxygen atoms in total. The lowest BCUT2D eigenvalue weighted by Crippen LogP contribution is -2.26. The molecule has 1 aliphatic heterocycles. The highest BCUT2D eigenvalue weighted by Crippen LogP contribution is 2.40. The number of nitrogens with two attached hydrogens (primary N) is 1. The number of nitrogens with zero attached hydrogens (tertiary/aromatic N) is 1. The first-order valence-corrected chi connectivity index (χ1v) is 7.50. The van der Waals surface area contributed by atoms with Crippen LogP contribution in [0, 0.1) is 18.3 Å². The molecular formula is C18H16N2O4. The smallest absolute Gasteiger partial charge is 0.343 e. The van der Waals surface area contributed by atoms with Crippen molar-refractivity contribution in [2.24, 2.45) is 5.73 Å². The summed E-state index contributed by atoms with van der Waals surface area (Å²) in [5.74, 6) is 0.802. The minimum Gasteiger partial charge on any atom is -0.494 e. The first kappa shape index (κ1) is 15.7. The molecule has 0 amide bonds. The fourth-order valence-corrected chi connectivity index (χ4v) is 2.77. The third kappa shape index (κ3) is 2.61. The Bertz CT molecular complexity index is 904. The third-order valence-electron chi connectivity index (χ3n) is 3.78. The number of hydrogen-bond donors (Lipinski definition) is 1. The van der Waals surface area contributed by atoms with Crippen molar-refractivity contribution in [3.63, 3.8) is 0 Å². The van der Waals surface area contributed by atoms with Crippen LogP contribution in [0.1, 0.15) is 29.7 Å². The highest BCUT2D eigenvalue weighted by atomic mass is 16.5. The van der Waals surface area contributed by atoms with Gasteiger partial charge in [0.15, 0.2) is 0 Å². The van der Waals surface area contributed by atoms with Crippen LogP contribution >= 0.6 is 0 Å². The van der Waals surface area contributed by atoms with Gasteiger partial charge in [-0.05, 0) is 31.5 Å². The number of aryl methyl sites for hydroxylation is 1. The Morgan fingerprint density at radius 3 is 2.67 bits per heavy atom. The van der Waals surface area contributed by atoms with Gasteiger partial charge in [0.1, 0.15) is 28.9 Å². The van der Waals surface area contributed by atoms with Gasteiger partial charge in [0, 0.05) is 6.07 Å². The SMILES string of the molecule is CCOc1ccc([C@@H]2C(C#N)=C(N)Oc3cc(C)oc(=O)c32)cc1. The Morgan fingerprint density at radius 1 is 1.33 bits per heavy atom. The average Bonchev–Trinajstić information content (AvgIpc) is 2.54. The van der Waals surface area contributed by atoms with Crippen molar-refractivity contribution in [2.45, 2.75) is 19.8 Å². The molecule has 0 saturated carbocycles. The molecule has 6 heteroatoms. The lowest BCUT2D eigenvalue weighted by atomic mass is 9.84. The number of allylic oxidation sites excluding steroid dienone is 1. The molecule has 1 aromatic heterocycles. The minimum atomic E-state index is -0.633. The molecule has 0 saturated heterocycles. The predicted octanol–water partition coefficient (Wildman–Crippen LogP) is 2.57. The van der Waals surface area contributed by atoms with E-state index in [4.69, 9.17) is 19.6 Å². The summed E-state index contributed by atoms with van der Waals surface area (Å²) in [6.07, 6.45) is 0. The molecule has 3 rings (SSSR count). The van der Waals surface area contributed by atoms with E-state index >= 15 is 0 Å². The van der Waals surface area contributed by atoms with Crippen LogP contribution in [0.5, 0.6) is 11.5 Å². The normalized spacial score (nSPS) is 16.1. The molecule has 1 atom stereocenters. The number of hydrogen-bond acceptors (Lipinski definition) is 6. The van der Waals surface area contributed by atoms with Crippen molar-refractivity contribution in [1.29, 1.82) is 5.26 Å². The maximum atomic E-state index is 12.4. The molecule has 0 radical (unpaired) electrons. The van der Waals surface area contributed by atoms with E-state index in [-0.39, 0.29) is 17.0 Å². The summed E-state index contributed by atoms with van der Waals surface area (Å²) in [6.45, 7) is 4.10. The molecule has 2 heterocycles. The van der Waals surface area contributed by atoms with E-state index in [0.717, 1.165) is 5.56 Å². The highest BCUT2D eigenvalue weighted by Gasteiger charge is 2.34. The van der Waals surface area contributed by atoms with Crippen molar-refractivity contribution in [3.05, 3.63) is 69.1 Å². The van der Waals surface area contributed by atoms with Crippen LogP contribution in [0.25, 0.3) is 0 Å². The van der Waals surface area contributed by atoms with Crippen LogP contribution in [-0.4, -0.2) is 6.61 Å². The maximum Gasteiger partial charge on any atom is 0.343 e. The first-order chi connectivity index (χ1) is 11.5. The molecule has 1 aliphatic rings. The first-order valence-electron chi connectivity index (χ1n) is 7.50. The monoisotopic (exact) mass is 324 g/mol. The van der Waals surface area contributed by atoms with Gasteiger partial charge in [0.05, 0.1) is 18.1 Å². The van der Waals surface area contributed by atoms with Gasteiger partial charge >= 0.3 is 5.63 Å². The third-order valence-corrected chi connectivity index (χ3v) is 3.78. The summed E-state index contributed by atoms with van der Waals surface area (Å²) >= 11 is 0. The van der Waals surface area contributed by atoms with Crippen molar-refractivity contribution < 1.29 is 13.9 Å². The van der Waals surface area contributed by atoms with Crippen LogP contribution in [0.2, 0.25) is 0 Å². The standard InChI is InChI=1S/C18H16N2O4/c1-3-22-12-6-4-11(5-7-12)15-13(9-19)17(20)24-14-8-10(2)23-18(21)16(14)15/h4-8,15H,3,20H2,1-2H3/t15-/m1/s1. The number of ether oxygens (including phenoxy) is 2. The molecular weight excluding hydrogens is 308 g/mol.